The van der Waals surface area contributed by atoms with Crippen LogP contribution in [-0.2, 0) is 22.3 Å². The van der Waals surface area contributed by atoms with Crippen molar-refractivity contribution in [2.75, 3.05) is 13.7 Å². The standard InChI is InChI=1S/C26H34O6/c1-16(2)18-9-6-10-21(13-18)31-25-24(28)23(27)22(32-26(25)29-3)15-30-20-12-11-17-7-4-5-8-19(17)14-20/h6,9-14,16,22-28H,4-5,7-8,15H2,1-3H3/t22-,23-,24+,25-,26-/m1/s1. The van der Waals surface area contributed by atoms with Crippen molar-refractivity contribution in [1.82, 2.24) is 0 Å². The van der Waals surface area contributed by atoms with Gasteiger partial charge in [-0.1, -0.05) is 32.0 Å². The number of methoxy groups -OCH3 is 1. The van der Waals surface area contributed by atoms with E-state index in [-0.39, 0.29) is 6.61 Å². The fraction of sp³-hybridized carbons (Fsp3) is 0.538. The number of rotatable bonds is 7. The Balaban J connectivity index is 1.41. The average Bonchev–Trinajstić information content (AvgIpc) is 2.81. The van der Waals surface area contributed by atoms with Gasteiger partial charge in [-0.2, -0.15) is 0 Å². The van der Waals surface area contributed by atoms with Crippen LogP contribution in [0.25, 0.3) is 0 Å². The Hall–Kier alpha value is -2.12. The van der Waals surface area contributed by atoms with E-state index in [2.05, 4.69) is 26.0 Å². The highest BCUT2D eigenvalue weighted by Gasteiger charge is 2.46. The molecule has 5 atom stereocenters. The van der Waals surface area contributed by atoms with Gasteiger partial charge < -0.3 is 29.2 Å². The maximum Gasteiger partial charge on any atom is 0.197 e. The van der Waals surface area contributed by atoms with Crippen molar-refractivity contribution in [3.63, 3.8) is 0 Å². The van der Waals surface area contributed by atoms with E-state index >= 15 is 0 Å². The molecule has 0 aromatic heterocycles. The predicted molar refractivity (Wildman–Crippen MR) is 121 cm³/mol. The van der Waals surface area contributed by atoms with Crippen molar-refractivity contribution in [3.05, 3.63) is 59.2 Å². The van der Waals surface area contributed by atoms with Crippen molar-refractivity contribution >= 4 is 0 Å². The number of aliphatic hydroxyl groups is 2. The Kier molecular flexibility index (Phi) is 7.36. The van der Waals surface area contributed by atoms with Gasteiger partial charge in [-0.25, -0.2) is 0 Å². The first-order chi connectivity index (χ1) is 15.5. The molecule has 32 heavy (non-hydrogen) atoms. The molecule has 2 N–H and O–H groups in total. The molecule has 2 aliphatic rings. The summed E-state index contributed by atoms with van der Waals surface area (Å²) in [5.74, 6) is 1.69. The first-order valence-electron chi connectivity index (χ1n) is 11.5. The molecule has 1 fully saturated rings. The summed E-state index contributed by atoms with van der Waals surface area (Å²) >= 11 is 0. The number of aryl methyl sites for hydroxylation is 2. The molecule has 1 aliphatic carbocycles. The van der Waals surface area contributed by atoms with Crippen LogP contribution in [0.1, 0.15) is 49.3 Å². The second-order valence-corrected chi connectivity index (χ2v) is 9.02. The van der Waals surface area contributed by atoms with E-state index in [9.17, 15) is 10.2 Å². The third kappa shape index (κ3) is 5.09. The number of hydrogen-bond donors (Lipinski definition) is 2. The zero-order valence-electron chi connectivity index (χ0n) is 19.1. The number of hydrogen-bond acceptors (Lipinski definition) is 6. The first kappa shape index (κ1) is 23.1. The summed E-state index contributed by atoms with van der Waals surface area (Å²) in [5.41, 5.74) is 3.83. The lowest BCUT2D eigenvalue weighted by atomic mass is 9.92. The highest BCUT2D eigenvalue weighted by Crippen LogP contribution is 2.29. The minimum Gasteiger partial charge on any atom is -0.491 e. The molecule has 4 rings (SSSR count). The molecule has 6 heteroatoms. The maximum atomic E-state index is 10.8. The van der Waals surface area contributed by atoms with E-state index in [0.29, 0.717) is 11.7 Å². The summed E-state index contributed by atoms with van der Waals surface area (Å²) in [4.78, 5) is 0. The van der Waals surface area contributed by atoms with Crippen LogP contribution in [0.3, 0.4) is 0 Å². The molecule has 0 amide bonds. The normalized spacial score (nSPS) is 27.8. The van der Waals surface area contributed by atoms with Crippen LogP contribution in [0.5, 0.6) is 11.5 Å². The lowest BCUT2D eigenvalue weighted by Gasteiger charge is -2.41. The second-order valence-electron chi connectivity index (χ2n) is 9.02. The number of benzene rings is 2. The summed E-state index contributed by atoms with van der Waals surface area (Å²) in [7, 11) is 1.50. The SMILES string of the molecule is CO[C@@H]1O[C@H](COc2ccc3c(c2)CCCC3)[C@@H](O)[C@H](O)[C@H]1Oc1cccc(C(C)C)c1. The van der Waals surface area contributed by atoms with Crippen LogP contribution < -0.4 is 9.47 Å². The lowest BCUT2D eigenvalue weighted by molar-refractivity contribution is -0.287. The molecule has 174 valence electrons. The van der Waals surface area contributed by atoms with Gasteiger partial charge >= 0.3 is 0 Å². The zero-order valence-corrected chi connectivity index (χ0v) is 19.1. The van der Waals surface area contributed by atoms with Gasteiger partial charge in [0.2, 0.25) is 0 Å². The lowest BCUT2D eigenvalue weighted by Crippen LogP contribution is -2.61. The van der Waals surface area contributed by atoms with E-state index < -0.39 is 30.7 Å². The average molecular weight is 443 g/mol. The molecule has 0 spiro atoms. The van der Waals surface area contributed by atoms with E-state index in [0.717, 1.165) is 24.2 Å². The third-order valence-electron chi connectivity index (χ3n) is 6.41. The quantitative estimate of drug-likeness (QED) is 0.682. The molecule has 0 unspecified atom stereocenters. The number of ether oxygens (including phenoxy) is 4. The fourth-order valence-corrected chi connectivity index (χ4v) is 4.44. The Labute approximate surface area is 190 Å². The van der Waals surface area contributed by atoms with Gasteiger partial charge in [-0.05, 0) is 72.6 Å². The molecule has 0 radical (unpaired) electrons. The zero-order chi connectivity index (χ0) is 22.7. The van der Waals surface area contributed by atoms with Crippen LogP contribution in [-0.4, -0.2) is 54.6 Å². The van der Waals surface area contributed by atoms with Crippen LogP contribution in [0.15, 0.2) is 42.5 Å². The Morgan fingerprint density at radius 2 is 1.75 bits per heavy atom. The van der Waals surface area contributed by atoms with Crippen LogP contribution in [0.4, 0.5) is 0 Å². The highest BCUT2D eigenvalue weighted by molar-refractivity contribution is 5.37. The van der Waals surface area contributed by atoms with E-state index in [1.807, 2.05) is 30.3 Å². The van der Waals surface area contributed by atoms with Crippen LogP contribution in [0.2, 0.25) is 0 Å². The fourth-order valence-electron chi connectivity index (χ4n) is 4.44. The van der Waals surface area contributed by atoms with Gasteiger partial charge in [-0.3, -0.25) is 0 Å². The molecule has 2 aromatic rings. The summed E-state index contributed by atoms with van der Waals surface area (Å²) in [6.45, 7) is 4.31. The van der Waals surface area contributed by atoms with E-state index in [1.165, 1.54) is 31.1 Å². The Bertz CT molecular complexity index is 896. The molecule has 0 saturated carbocycles. The summed E-state index contributed by atoms with van der Waals surface area (Å²) < 4.78 is 23.3. The van der Waals surface area contributed by atoms with E-state index in [1.54, 1.807) is 0 Å². The van der Waals surface area contributed by atoms with Crippen molar-refractivity contribution in [1.29, 1.82) is 0 Å². The van der Waals surface area contributed by atoms with Crippen molar-refractivity contribution in [3.8, 4) is 11.5 Å². The monoisotopic (exact) mass is 442 g/mol. The largest absolute Gasteiger partial charge is 0.491 e. The van der Waals surface area contributed by atoms with E-state index in [4.69, 9.17) is 18.9 Å². The first-order valence-corrected chi connectivity index (χ1v) is 11.5. The van der Waals surface area contributed by atoms with Gasteiger partial charge in [-0.15, -0.1) is 0 Å². The molecule has 1 heterocycles. The minimum atomic E-state index is -1.19. The van der Waals surface area contributed by atoms with Crippen molar-refractivity contribution in [2.45, 2.75) is 76.2 Å². The smallest absolute Gasteiger partial charge is 0.197 e. The Morgan fingerprint density at radius 1 is 0.969 bits per heavy atom. The second kappa shape index (κ2) is 10.2. The molecule has 1 saturated heterocycles. The van der Waals surface area contributed by atoms with Gasteiger partial charge in [0.15, 0.2) is 12.4 Å². The molecular formula is C26H34O6. The highest BCUT2D eigenvalue weighted by atomic mass is 16.7. The van der Waals surface area contributed by atoms with Crippen molar-refractivity contribution in [2.24, 2.45) is 0 Å². The molecule has 6 nitrogen and oxygen atoms in total. The molecule has 2 aromatic carbocycles. The number of aliphatic hydroxyl groups excluding tert-OH is 2. The van der Waals surface area contributed by atoms with Gasteiger partial charge in [0.1, 0.15) is 36.4 Å². The predicted octanol–water partition coefficient (Wildman–Crippen LogP) is 3.61. The summed E-state index contributed by atoms with van der Waals surface area (Å²) in [6.07, 6.45) is -0.190. The molecule has 1 aliphatic heterocycles. The van der Waals surface area contributed by atoms with Crippen molar-refractivity contribution < 1.29 is 29.2 Å². The van der Waals surface area contributed by atoms with Gasteiger partial charge in [0.05, 0.1) is 0 Å². The minimum absolute atomic E-state index is 0.104. The number of fused-ring (bicyclic) bond motifs is 1. The summed E-state index contributed by atoms with van der Waals surface area (Å²) in [6, 6.07) is 13.8. The van der Waals surface area contributed by atoms with Crippen LogP contribution >= 0.6 is 0 Å². The topological polar surface area (TPSA) is 77.4 Å². The third-order valence-corrected chi connectivity index (χ3v) is 6.41. The van der Waals surface area contributed by atoms with Gasteiger partial charge in [0, 0.05) is 7.11 Å². The Morgan fingerprint density at radius 3 is 2.50 bits per heavy atom. The molecular weight excluding hydrogens is 408 g/mol. The van der Waals surface area contributed by atoms with Crippen LogP contribution in [0, 0.1) is 0 Å². The maximum absolute atomic E-state index is 10.8. The summed E-state index contributed by atoms with van der Waals surface area (Å²) in [5, 5.41) is 21.5. The van der Waals surface area contributed by atoms with Gasteiger partial charge in [0.25, 0.3) is 0 Å². The molecule has 0 bridgehead atoms.